The van der Waals surface area contributed by atoms with Crippen LogP contribution in [0.2, 0.25) is 0 Å². The van der Waals surface area contributed by atoms with Gasteiger partial charge in [0.2, 0.25) is 0 Å². The zero-order valence-corrected chi connectivity index (χ0v) is 42.7. The Morgan fingerprint density at radius 3 is 1.39 bits per heavy atom. The molecule has 0 atom stereocenters. The molecule has 0 unspecified atom stereocenters. The van der Waals surface area contributed by atoms with Crippen molar-refractivity contribution in [2.24, 2.45) is 30.7 Å². The summed E-state index contributed by atoms with van der Waals surface area (Å²) in [5.41, 5.74) is -3.38. The number of anilines is 2. The van der Waals surface area contributed by atoms with Crippen LogP contribution < -0.4 is 5.32 Å². The summed E-state index contributed by atoms with van der Waals surface area (Å²) in [7, 11) is -26.4. The molecule has 0 fully saturated rings. The summed E-state index contributed by atoms with van der Waals surface area (Å²) in [6.45, 7) is 0. The zero-order chi connectivity index (χ0) is 57.3. The van der Waals surface area contributed by atoms with Crippen molar-refractivity contribution in [1.82, 2.24) is 0 Å². The number of nitrogens with one attached hydrogen (secondary N) is 1. The molecule has 28 nitrogen and oxygen atoms in total. The molecule has 9 aromatic carbocycles. The lowest BCUT2D eigenvalue weighted by atomic mass is 10.1. The zero-order valence-electron chi connectivity index (χ0n) is 38.6. The Balaban J connectivity index is 1.05. The first-order valence-corrected chi connectivity index (χ1v) is 28.4. The normalized spacial score (nSPS) is 13.0. The fourth-order valence-corrected chi connectivity index (χ4v) is 10.9. The van der Waals surface area contributed by atoms with Crippen molar-refractivity contribution in [3.63, 3.8) is 0 Å². The smallest absolute Gasteiger partial charge is 0.270 e. The number of hydrogen-bond acceptors (Lipinski definition) is 27. The Kier molecular flexibility index (Phi) is 13.7. The molecule has 0 radical (unpaired) electrons. The lowest BCUT2D eigenvalue weighted by molar-refractivity contribution is -0.385. The standard InChI is InChI=1S/C46H30N8O20S5/c55-39-21-30(76(63,64)65)16-22-15-27(3-6-31(22)39)48-52-43-41(78(69,70)71)17-23-13-25(1-7-32(23)45(43)56)47-26-2-8-33-24(14-26)18-42(79(72,73)74)44(46(33)57)53-50-37-12-11-36(34-9-5-29(20-35(34)37)75(60,61)62)49-51-38-10-4-28(54(58)59)19-40(38)77(66,67)68/h1-21,47,55-57H,(H,60,61,62)(H,63,64,65)(H,66,67,68)(H,69,70,71)(H,72,73,74)/p-5. The van der Waals surface area contributed by atoms with E-state index in [1.54, 1.807) is 0 Å². The third kappa shape index (κ3) is 11.2. The van der Waals surface area contributed by atoms with Crippen LogP contribution >= 0.6 is 0 Å². The second-order valence-electron chi connectivity index (χ2n) is 16.6. The molecule has 33 heteroatoms. The Morgan fingerprint density at radius 1 is 0.392 bits per heavy atom. The molecule has 0 saturated carbocycles. The Labute approximate surface area is 442 Å². The van der Waals surface area contributed by atoms with Crippen LogP contribution in [0.3, 0.4) is 0 Å². The van der Waals surface area contributed by atoms with Crippen LogP contribution in [0.25, 0.3) is 43.1 Å². The van der Waals surface area contributed by atoms with Crippen LogP contribution in [-0.2, 0) is 50.6 Å². The molecule has 0 aliphatic rings. The molecule has 0 bridgehead atoms. The number of phenols is 3. The van der Waals surface area contributed by atoms with Crippen LogP contribution in [0.5, 0.6) is 17.2 Å². The van der Waals surface area contributed by atoms with E-state index >= 15 is 0 Å². The highest BCUT2D eigenvalue weighted by molar-refractivity contribution is 7.87. The van der Waals surface area contributed by atoms with Gasteiger partial charge in [-0.3, -0.25) is 10.1 Å². The van der Waals surface area contributed by atoms with E-state index in [-0.39, 0.29) is 71.5 Å². The summed E-state index contributed by atoms with van der Waals surface area (Å²) in [5.74, 6) is -2.27. The van der Waals surface area contributed by atoms with Crippen LogP contribution in [0.1, 0.15) is 0 Å². The first-order chi connectivity index (χ1) is 36.8. The summed E-state index contributed by atoms with van der Waals surface area (Å²) in [5, 5.41) is 69.7. The van der Waals surface area contributed by atoms with E-state index in [0.717, 1.165) is 66.7 Å². The predicted octanol–water partition coefficient (Wildman–Crippen LogP) is 8.83. The van der Waals surface area contributed by atoms with Crippen LogP contribution in [0.4, 0.5) is 51.2 Å². The van der Waals surface area contributed by atoms with Crippen LogP contribution in [-0.4, -0.2) is 85.1 Å². The van der Waals surface area contributed by atoms with Crippen LogP contribution in [0.15, 0.2) is 183 Å². The molecule has 0 saturated heterocycles. The average molecular weight is 1170 g/mol. The van der Waals surface area contributed by atoms with E-state index in [0.29, 0.717) is 6.07 Å². The highest BCUT2D eigenvalue weighted by Crippen LogP contribution is 2.46. The maximum atomic E-state index is 12.7. The number of rotatable bonds is 14. The molecule has 0 aromatic heterocycles. The second-order valence-corrected chi connectivity index (χ2v) is 23.4. The summed E-state index contributed by atoms with van der Waals surface area (Å²) in [6, 6.07) is 22.1. The molecule has 404 valence electrons. The SMILES string of the molecule is O=[N+]([O-])c1ccc(N=Nc2ccc(N=Nc3c(S(=O)(=O)[O-])cc4cc(Nc5ccc6c(O)c(N=Nc7ccc8c(O)cc(S(=O)(=O)[O-])cc8c7)c(S(=O)(=O)[O-])cc6c5)ccc4c3O)c3cc(S(=O)(=O)[O-])ccc23)c(S(=O)(=O)[O-])c1. The summed E-state index contributed by atoms with van der Waals surface area (Å²) in [6.07, 6.45) is 0. The van der Waals surface area contributed by atoms with Crippen LogP contribution in [0, 0.1) is 10.1 Å². The molecule has 79 heavy (non-hydrogen) atoms. The number of nitrogens with zero attached hydrogens (tertiary/aromatic N) is 7. The molecule has 0 aliphatic heterocycles. The van der Waals surface area contributed by atoms with Gasteiger partial charge in [0.1, 0.15) is 73.4 Å². The summed E-state index contributed by atoms with van der Waals surface area (Å²) >= 11 is 0. The third-order valence-electron chi connectivity index (χ3n) is 11.5. The van der Waals surface area contributed by atoms with Gasteiger partial charge in [-0.15, -0.1) is 25.6 Å². The number of aromatic hydroxyl groups is 3. The molecule has 0 spiro atoms. The maximum Gasteiger partial charge on any atom is 0.270 e. The highest BCUT2D eigenvalue weighted by Gasteiger charge is 2.22. The Hall–Kier alpha value is -9.03. The molecule has 9 rings (SSSR count). The topological polar surface area (TPSA) is 476 Å². The van der Waals surface area contributed by atoms with Gasteiger partial charge in [0, 0.05) is 50.4 Å². The Morgan fingerprint density at radius 2 is 0.861 bits per heavy atom. The lowest BCUT2D eigenvalue weighted by Gasteiger charge is -2.16. The number of benzene rings is 9. The van der Waals surface area contributed by atoms with E-state index in [9.17, 15) is 90.3 Å². The van der Waals surface area contributed by atoms with Crippen molar-refractivity contribution < 1.29 is 85.1 Å². The molecule has 0 aliphatic carbocycles. The third-order valence-corrected chi connectivity index (χ3v) is 15.8. The van der Waals surface area contributed by atoms with Gasteiger partial charge in [-0.2, -0.15) is 5.11 Å². The number of phenolic OH excluding ortho intramolecular Hbond substituents is 3. The van der Waals surface area contributed by atoms with E-state index < -0.39 is 120 Å². The number of nitro benzene ring substituents is 1. The first kappa shape index (κ1) is 54.7. The van der Waals surface area contributed by atoms with Crippen molar-refractivity contribution in [3.05, 3.63) is 138 Å². The van der Waals surface area contributed by atoms with Gasteiger partial charge < -0.3 is 43.4 Å². The first-order valence-electron chi connectivity index (χ1n) is 21.4. The monoisotopic (exact) mass is 1170 g/mol. The lowest BCUT2D eigenvalue weighted by Crippen LogP contribution is -2.00. The van der Waals surface area contributed by atoms with Crippen molar-refractivity contribution >= 4 is 145 Å². The number of nitro groups is 1. The Bertz CT molecular complexity index is 4870. The molecular formula is C46H25N8O20S5-5. The minimum atomic E-state index is -5.53. The van der Waals surface area contributed by atoms with Crippen molar-refractivity contribution in [3.8, 4) is 17.2 Å². The highest BCUT2D eigenvalue weighted by atomic mass is 32.2. The minimum Gasteiger partial charge on any atom is -0.744 e. The van der Waals surface area contributed by atoms with Gasteiger partial charge in [-0.05, 0) is 125 Å². The predicted molar refractivity (Wildman–Crippen MR) is 270 cm³/mol. The molecule has 0 heterocycles. The van der Waals surface area contributed by atoms with Crippen molar-refractivity contribution in [2.45, 2.75) is 24.5 Å². The van der Waals surface area contributed by atoms with E-state index in [1.165, 1.54) is 54.6 Å². The number of azo groups is 3. The fraction of sp³-hybridized carbons (Fsp3) is 0. The van der Waals surface area contributed by atoms with Gasteiger partial charge in [-0.1, -0.05) is 6.07 Å². The van der Waals surface area contributed by atoms with Crippen molar-refractivity contribution in [1.29, 1.82) is 0 Å². The number of hydrogen-bond donors (Lipinski definition) is 4. The van der Waals surface area contributed by atoms with E-state index in [4.69, 9.17) is 0 Å². The maximum absolute atomic E-state index is 12.7. The number of non-ortho nitro benzene ring substituents is 1. The van der Waals surface area contributed by atoms with Gasteiger partial charge in [0.15, 0.2) is 11.5 Å². The van der Waals surface area contributed by atoms with Gasteiger partial charge in [-0.25, -0.2) is 42.1 Å². The average Bonchev–Trinajstić information content (AvgIpc) is 3.42. The second kappa shape index (κ2) is 19.8. The quantitative estimate of drug-likeness (QED) is 0.0341. The number of fused-ring (bicyclic) bond motifs is 4. The minimum absolute atomic E-state index is 0.0183. The van der Waals surface area contributed by atoms with Gasteiger partial charge in [0.05, 0.1) is 46.5 Å². The fourth-order valence-electron chi connectivity index (χ4n) is 7.96. The molecule has 4 N–H and O–H groups in total. The van der Waals surface area contributed by atoms with Gasteiger partial charge in [0.25, 0.3) is 5.69 Å². The summed E-state index contributed by atoms with van der Waals surface area (Å²) < 4.78 is 183. The molecule has 9 aromatic rings. The van der Waals surface area contributed by atoms with E-state index in [1.807, 2.05) is 0 Å². The van der Waals surface area contributed by atoms with E-state index in [2.05, 4.69) is 36.0 Å². The molecule has 0 amide bonds. The van der Waals surface area contributed by atoms with Gasteiger partial charge >= 0.3 is 0 Å². The molecular weight excluding hydrogens is 1140 g/mol. The largest absolute Gasteiger partial charge is 0.744 e. The van der Waals surface area contributed by atoms with Crippen molar-refractivity contribution in [2.75, 3.05) is 5.32 Å². The summed E-state index contributed by atoms with van der Waals surface area (Å²) in [4.78, 5) is 5.43.